The summed E-state index contributed by atoms with van der Waals surface area (Å²) < 4.78 is 36.8. The Balaban J connectivity index is 2.73. The molecule has 0 aliphatic rings. The van der Waals surface area contributed by atoms with E-state index >= 15 is 0 Å². The van der Waals surface area contributed by atoms with Crippen LogP contribution in [0, 0.1) is 0 Å². The summed E-state index contributed by atoms with van der Waals surface area (Å²) in [7, 11) is 1.85. The first-order valence-electron chi connectivity index (χ1n) is 5.71. The fourth-order valence-electron chi connectivity index (χ4n) is 1.43. The van der Waals surface area contributed by atoms with Gasteiger partial charge in [-0.25, -0.2) is 0 Å². The van der Waals surface area contributed by atoms with Crippen molar-refractivity contribution in [3.05, 3.63) is 66.3 Å². The van der Waals surface area contributed by atoms with Gasteiger partial charge >= 0.3 is 6.18 Å². The fourth-order valence-corrected chi connectivity index (χ4v) is 1.43. The highest BCUT2D eigenvalue weighted by Crippen LogP contribution is 2.26. The summed E-state index contributed by atoms with van der Waals surface area (Å²) in [6, 6.07) is 7.47. The monoisotopic (exact) mass is 267 g/mol. The highest BCUT2D eigenvalue weighted by atomic mass is 19.4. The normalized spacial score (nSPS) is 11.8. The molecule has 1 aromatic carbocycles. The highest BCUT2D eigenvalue weighted by molar-refractivity contribution is 5.72. The lowest BCUT2D eigenvalue weighted by molar-refractivity contribution is -0.0878. The third-order valence-electron chi connectivity index (χ3n) is 2.56. The minimum absolute atomic E-state index is 0.515. The number of hydrogen-bond acceptors (Lipinski definition) is 1. The quantitative estimate of drug-likeness (QED) is 0.792. The SMILES string of the molecule is C=C(/C=C\C(=C)C(F)(F)F)c1ccc(CNC)cc1. The maximum absolute atomic E-state index is 12.3. The molecule has 19 heavy (non-hydrogen) atoms. The highest BCUT2D eigenvalue weighted by Gasteiger charge is 2.29. The van der Waals surface area contributed by atoms with Gasteiger partial charge in [-0.3, -0.25) is 0 Å². The summed E-state index contributed by atoms with van der Waals surface area (Å²) in [6.07, 6.45) is -2.14. The van der Waals surface area contributed by atoms with Gasteiger partial charge < -0.3 is 5.32 Å². The van der Waals surface area contributed by atoms with Crippen molar-refractivity contribution in [3.63, 3.8) is 0 Å². The van der Waals surface area contributed by atoms with Crippen molar-refractivity contribution in [3.8, 4) is 0 Å². The Kier molecular flexibility index (Phi) is 5.12. The van der Waals surface area contributed by atoms with Crippen LogP contribution in [0.3, 0.4) is 0 Å². The van der Waals surface area contributed by atoms with E-state index < -0.39 is 11.7 Å². The molecule has 0 saturated carbocycles. The van der Waals surface area contributed by atoms with Crippen molar-refractivity contribution in [2.75, 3.05) is 7.05 Å². The van der Waals surface area contributed by atoms with Crippen LogP contribution in [-0.2, 0) is 6.54 Å². The lowest BCUT2D eigenvalue weighted by Gasteiger charge is -2.06. The molecule has 0 radical (unpaired) electrons. The van der Waals surface area contributed by atoms with Crippen LogP contribution in [0.1, 0.15) is 11.1 Å². The zero-order valence-corrected chi connectivity index (χ0v) is 10.7. The largest absolute Gasteiger partial charge is 0.415 e. The molecule has 0 amide bonds. The van der Waals surface area contributed by atoms with Gasteiger partial charge in [0.15, 0.2) is 0 Å². The van der Waals surface area contributed by atoms with Gasteiger partial charge in [-0.2, -0.15) is 13.2 Å². The molecule has 0 aliphatic carbocycles. The molecule has 0 bridgehead atoms. The number of halogens is 3. The van der Waals surface area contributed by atoms with E-state index in [9.17, 15) is 13.2 Å². The summed E-state index contributed by atoms with van der Waals surface area (Å²) in [4.78, 5) is 0. The van der Waals surface area contributed by atoms with Crippen LogP contribution in [0.4, 0.5) is 13.2 Å². The number of rotatable bonds is 5. The van der Waals surface area contributed by atoms with Crippen molar-refractivity contribution >= 4 is 5.57 Å². The molecule has 1 aromatic rings. The second-order valence-electron chi connectivity index (χ2n) is 4.11. The van der Waals surface area contributed by atoms with E-state index in [4.69, 9.17) is 0 Å². The molecule has 0 saturated heterocycles. The van der Waals surface area contributed by atoms with E-state index in [2.05, 4.69) is 18.5 Å². The second-order valence-corrected chi connectivity index (χ2v) is 4.11. The molecule has 4 heteroatoms. The first-order chi connectivity index (χ1) is 8.84. The Morgan fingerprint density at radius 1 is 1.16 bits per heavy atom. The third kappa shape index (κ3) is 4.75. The molecule has 0 fully saturated rings. The molecule has 1 N–H and O–H groups in total. The molecule has 1 nitrogen and oxygen atoms in total. The van der Waals surface area contributed by atoms with Gasteiger partial charge in [-0.15, -0.1) is 0 Å². The average Bonchev–Trinajstić information content (AvgIpc) is 2.35. The van der Waals surface area contributed by atoms with Gasteiger partial charge in [0.2, 0.25) is 0 Å². The maximum atomic E-state index is 12.3. The number of hydrogen-bond donors (Lipinski definition) is 1. The topological polar surface area (TPSA) is 12.0 Å². The van der Waals surface area contributed by atoms with Crippen molar-refractivity contribution in [1.82, 2.24) is 5.32 Å². The van der Waals surface area contributed by atoms with E-state index in [-0.39, 0.29) is 0 Å². The first kappa shape index (κ1) is 15.2. The molecule has 0 atom stereocenters. The Morgan fingerprint density at radius 2 is 1.74 bits per heavy atom. The summed E-state index contributed by atoms with van der Waals surface area (Å²) in [6.45, 7) is 7.46. The van der Waals surface area contributed by atoms with Crippen LogP contribution in [-0.4, -0.2) is 13.2 Å². The molecule has 0 unspecified atom stereocenters. The van der Waals surface area contributed by atoms with Gasteiger partial charge in [0.1, 0.15) is 0 Å². The smallest absolute Gasteiger partial charge is 0.316 e. The van der Waals surface area contributed by atoms with Crippen LogP contribution in [0.2, 0.25) is 0 Å². The molecule has 0 heterocycles. The number of nitrogens with one attached hydrogen (secondary N) is 1. The molecule has 0 aliphatic heterocycles. The van der Waals surface area contributed by atoms with Crippen LogP contribution in [0.5, 0.6) is 0 Å². The first-order valence-corrected chi connectivity index (χ1v) is 5.71. The molecule has 102 valence electrons. The van der Waals surface area contributed by atoms with Gasteiger partial charge in [0.05, 0.1) is 0 Å². The lowest BCUT2D eigenvalue weighted by Crippen LogP contribution is -2.08. The van der Waals surface area contributed by atoms with E-state index in [0.717, 1.165) is 23.7 Å². The minimum Gasteiger partial charge on any atom is -0.316 e. The zero-order chi connectivity index (χ0) is 14.5. The van der Waals surface area contributed by atoms with Crippen molar-refractivity contribution in [2.24, 2.45) is 0 Å². The summed E-state index contributed by atoms with van der Waals surface area (Å²) in [5, 5.41) is 3.02. The Bertz CT molecular complexity index is 481. The summed E-state index contributed by atoms with van der Waals surface area (Å²) >= 11 is 0. The number of allylic oxidation sites excluding steroid dienone is 4. The molecule has 0 spiro atoms. The molecule has 1 rings (SSSR count). The van der Waals surface area contributed by atoms with Crippen LogP contribution >= 0.6 is 0 Å². The van der Waals surface area contributed by atoms with E-state index in [1.807, 2.05) is 31.3 Å². The summed E-state index contributed by atoms with van der Waals surface area (Å²) in [5.41, 5.74) is 1.51. The minimum atomic E-state index is -4.40. The van der Waals surface area contributed by atoms with Crippen LogP contribution < -0.4 is 5.32 Å². The summed E-state index contributed by atoms with van der Waals surface area (Å²) in [5.74, 6) is 0. The van der Waals surface area contributed by atoms with Gasteiger partial charge in [-0.05, 0) is 23.7 Å². The number of alkyl halides is 3. The van der Waals surface area contributed by atoms with Gasteiger partial charge in [0, 0.05) is 12.1 Å². The van der Waals surface area contributed by atoms with E-state index in [0.29, 0.717) is 5.57 Å². The molecule has 0 aromatic heterocycles. The van der Waals surface area contributed by atoms with E-state index in [1.165, 1.54) is 6.08 Å². The predicted molar refractivity (Wildman–Crippen MR) is 72.6 cm³/mol. The van der Waals surface area contributed by atoms with Gasteiger partial charge in [-0.1, -0.05) is 49.6 Å². The van der Waals surface area contributed by atoms with Crippen molar-refractivity contribution in [2.45, 2.75) is 12.7 Å². The van der Waals surface area contributed by atoms with Gasteiger partial charge in [0.25, 0.3) is 0 Å². The fraction of sp³-hybridized carbons (Fsp3) is 0.200. The second kappa shape index (κ2) is 6.38. The number of benzene rings is 1. The standard InChI is InChI=1S/C15H16F3N/c1-11(4-5-12(2)15(16,17)18)14-8-6-13(7-9-14)10-19-3/h4-9,19H,1-2,10H2,3H3/b5-4-. The van der Waals surface area contributed by atoms with E-state index in [1.54, 1.807) is 0 Å². The van der Waals surface area contributed by atoms with Crippen molar-refractivity contribution < 1.29 is 13.2 Å². The predicted octanol–water partition coefficient (Wildman–Crippen LogP) is 4.09. The zero-order valence-electron chi connectivity index (χ0n) is 10.7. The average molecular weight is 267 g/mol. The van der Waals surface area contributed by atoms with Crippen LogP contribution in [0.15, 0.2) is 55.1 Å². The third-order valence-corrected chi connectivity index (χ3v) is 2.56. The van der Waals surface area contributed by atoms with Crippen molar-refractivity contribution in [1.29, 1.82) is 0 Å². The Labute approximate surface area is 111 Å². The Hall–Kier alpha value is -1.81. The van der Waals surface area contributed by atoms with Crippen LogP contribution in [0.25, 0.3) is 5.57 Å². The molecular formula is C15H16F3N. The maximum Gasteiger partial charge on any atom is 0.415 e. The lowest BCUT2D eigenvalue weighted by atomic mass is 10.0. The Morgan fingerprint density at radius 3 is 2.21 bits per heavy atom. The molecular weight excluding hydrogens is 251 g/mol.